The van der Waals surface area contributed by atoms with Crippen LogP contribution in [0.25, 0.3) is 11.3 Å². The second-order valence-electron chi connectivity index (χ2n) is 8.10. The van der Waals surface area contributed by atoms with Crippen molar-refractivity contribution >= 4 is 34.6 Å². The molecule has 1 aromatic heterocycles. The zero-order valence-electron chi connectivity index (χ0n) is 18.6. The van der Waals surface area contributed by atoms with Gasteiger partial charge in [0.1, 0.15) is 0 Å². The molecule has 1 aliphatic rings. The number of fused-ring (bicyclic) bond motifs is 1. The number of aryl methyl sites for hydroxylation is 1. The number of halogens is 1. The van der Waals surface area contributed by atoms with E-state index in [-0.39, 0.29) is 30.5 Å². The number of nitrogens with zero attached hydrogens (tertiary/aromatic N) is 1. The SMILES string of the molecule is CC(=O)Nc1cc(-c2[nH]c3c(c2Nc2ccccc2)C(=O)CN(C(=N)CCF)C3)ccc1C. The number of amidine groups is 1. The third kappa shape index (κ3) is 4.64. The maximum absolute atomic E-state index is 13.2. The van der Waals surface area contributed by atoms with Crippen molar-refractivity contribution in [3.05, 3.63) is 65.4 Å². The predicted molar refractivity (Wildman–Crippen MR) is 128 cm³/mol. The smallest absolute Gasteiger partial charge is 0.221 e. The number of benzene rings is 2. The monoisotopic (exact) mass is 447 g/mol. The Bertz CT molecular complexity index is 1220. The van der Waals surface area contributed by atoms with Crippen molar-refractivity contribution < 1.29 is 14.0 Å². The summed E-state index contributed by atoms with van der Waals surface area (Å²) in [7, 11) is 0. The Morgan fingerprint density at radius 3 is 2.64 bits per heavy atom. The van der Waals surface area contributed by atoms with Crippen molar-refractivity contribution in [2.75, 3.05) is 23.9 Å². The van der Waals surface area contributed by atoms with Gasteiger partial charge in [0.2, 0.25) is 5.91 Å². The number of amides is 1. The lowest BCUT2D eigenvalue weighted by Crippen LogP contribution is -2.39. The van der Waals surface area contributed by atoms with Gasteiger partial charge in [-0.3, -0.25) is 19.4 Å². The summed E-state index contributed by atoms with van der Waals surface area (Å²) in [5, 5.41) is 14.3. The van der Waals surface area contributed by atoms with Crippen LogP contribution < -0.4 is 10.6 Å². The van der Waals surface area contributed by atoms with E-state index in [0.29, 0.717) is 34.9 Å². The first-order chi connectivity index (χ1) is 15.9. The van der Waals surface area contributed by atoms with E-state index >= 15 is 0 Å². The molecule has 1 aliphatic heterocycles. The Kier molecular flexibility index (Phi) is 6.26. The summed E-state index contributed by atoms with van der Waals surface area (Å²) in [6.07, 6.45) is -0.0245. The second kappa shape index (κ2) is 9.28. The zero-order valence-corrected chi connectivity index (χ0v) is 18.6. The minimum Gasteiger partial charge on any atom is -0.355 e. The molecule has 1 amide bonds. The summed E-state index contributed by atoms with van der Waals surface area (Å²) < 4.78 is 12.8. The first-order valence-electron chi connectivity index (χ1n) is 10.7. The van der Waals surface area contributed by atoms with Gasteiger partial charge >= 0.3 is 0 Å². The van der Waals surface area contributed by atoms with Crippen molar-refractivity contribution in [3.63, 3.8) is 0 Å². The number of hydrogen-bond donors (Lipinski definition) is 4. The number of aromatic amines is 1. The number of carbonyl (C=O) groups excluding carboxylic acids is 2. The molecule has 3 aromatic rings. The summed E-state index contributed by atoms with van der Waals surface area (Å²) >= 11 is 0. The van der Waals surface area contributed by atoms with Crippen LogP contribution in [0.5, 0.6) is 0 Å². The summed E-state index contributed by atoms with van der Waals surface area (Å²) in [5.41, 5.74) is 5.81. The molecular formula is C25H26FN5O2. The van der Waals surface area contributed by atoms with E-state index in [4.69, 9.17) is 5.41 Å². The van der Waals surface area contributed by atoms with Gasteiger partial charge in [0.15, 0.2) is 5.78 Å². The molecule has 0 radical (unpaired) electrons. The minimum atomic E-state index is -0.636. The summed E-state index contributed by atoms with van der Waals surface area (Å²) in [5.74, 6) is -0.204. The van der Waals surface area contributed by atoms with Crippen LogP contribution in [0.1, 0.15) is 35.0 Å². The lowest BCUT2D eigenvalue weighted by Gasteiger charge is -2.28. The molecule has 0 saturated carbocycles. The molecule has 8 heteroatoms. The number of Topliss-reactive ketones (excluding diaryl/α,β-unsaturated/α-hetero) is 1. The Morgan fingerprint density at radius 2 is 1.94 bits per heavy atom. The number of carbonyl (C=O) groups is 2. The first-order valence-corrected chi connectivity index (χ1v) is 10.7. The Hall–Kier alpha value is -3.94. The van der Waals surface area contributed by atoms with Crippen molar-refractivity contribution in [1.82, 2.24) is 9.88 Å². The average molecular weight is 448 g/mol. The third-order valence-electron chi connectivity index (χ3n) is 5.63. The van der Waals surface area contributed by atoms with Gasteiger partial charge < -0.3 is 20.5 Å². The van der Waals surface area contributed by atoms with Crippen LogP contribution in [0.2, 0.25) is 0 Å². The number of hydrogen-bond acceptors (Lipinski definition) is 4. The number of anilines is 3. The van der Waals surface area contributed by atoms with E-state index in [1.165, 1.54) is 6.92 Å². The van der Waals surface area contributed by atoms with Crippen molar-refractivity contribution in [3.8, 4) is 11.3 Å². The lowest BCUT2D eigenvalue weighted by molar-refractivity contribution is -0.114. The van der Waals surface area contributed by atoms with Gasteiger partial charge in [-0.1, -0.05) is 30.3 Å². The number of alkyl halides is 1. The predicted octanol–water partition coefficient (Wildman–Crippen LogP) is 5.03. The van der Waals surface area contributed by atoms with Crippen LogP contribution in [0.15, 0.2) is 48.5 Å². The van der Waals surface area contributed by atoms with Gasteiger partial charge in [-0.25, -0.2) is 0 Å². The van der Waals surface area contributed by atoms with Gasteiger partial charge in [0.05, 0.1) is 42.5 Å². The molecule has 33 heavy (non-hydrogen) atoms. The Balaban J connectivity index is 1.82. The third-order valence-corrected chi connectivity index (χ3v) is 5.63. The van der Waals surface area contributed by atoms with Crippen LogP contribution in [-0.2, 0) is 11.3 Å². The zero-order chi connectivity index (χ0) is 23.5. The van der Waals surface area contributed by atoms with E-state index in [9.17, 15) is 14.0 Å². The number of para-hydroxylation sites is 1. The first kappa shape index (κ1) is 22.3. The van der Waals surface area contributed by atoms with E-state index in [1.807, 2.05) is 55.5 Å². The molecule has 170 valence electrons. The topological polar surface area (TPSA) is 101 Å². The van der Waals surface area contributed by atoms with Gasteiger partial charge in [-0.2, -0.15) is 0 Å². The van der Waals surface area contributed by atoms with Gasteiger partial charge in [0, 0.05) is 36.0 Å². The lowest BCUT2D eigenvalue weighted by atomic mass is 10.0. The number of nitrogens with one attached hydrogen (secondary N) is 4. The fraction of sp³-hybridized carbons (Fsp3) is 0.240. The molecule has 0 bridgehead atoms. The maximum atomic E-state index is 13.2. The molecule has 0 aliphatic carbocycles. The van der Waals surface area contributed by atoms with Gasteiger partial charge in [-0.05, 0) is 30.7 Å². The molecule has 2 aromatic carbocycles. The van der Waals surface area contributed by atoms with E-state index < -0.39 is 6.67 Å². The molecule has 4 N–H and O–H groups in total. The van der Waals surface area contributed by atoms with E-state index in [2.05, 4.69) is 15.6 Å². The molecule has 0 atom stereocenters. The fourth-order valence-electron chi connectivity index (χ4n) is 4.02. The Labute approximate surface area is 191 Å². The van der Waals surface area contributed by atoms with E-state index in [1.54, 1.807) is 4.90 Å². The van der Waals surface area contributed by atoms with Crippen molar-refractivity contribution in [2.24, 2.45) is 0 Å². The van der Waals surface area contributed by atoms with Crippen molar-refractivity contribution in [2.45, 2.75) is 26.8 Å². The molecule has 4 rings (SSSR count). The fourth-order valence-corrected chi connectivity index (χ4v) is 4.02. The standard InChI is InChI=1S/C25H26FN5O2/c1-15-8-9-17(12-19(15)28-16(2)32)24-25(29-18-6-4-3-5-7-18)23-20(30-24)13-31(14-21(23)33)22(27)10-11-26/h3-9,12,27,29-30H,10-11,13-14H2,1-2H3,(H,28,32). The van der Waals surface area contributed by atoms with Gasteiger partial charge in [0.25, 0.3) is 0 Å². The van der Waals surface area contributed by atoms with Crippen LogP contribution in [-0.4, -0.2) is 40.6 Å². The largest absolute Gasteiger partial charge is 0.355 e. The highest BCUT2D eigenvalue weighted by Crippen LogP contribution is 2.39. The maximum Gasteiger partial charge on any atom is 0.221 e. The van der Waals surface area contributed by atoms with Crippen LogP contribution >= 0.6 is 0 Å². The summed E-state index contributed by atoms with van der Waals surface area (Å²) in [6, 6.07) is 15.3. The quantitative estimate of drug-likeness (QED) is 0.315. The average Bonchev–Trinajstić information content (AvgIpc) is 3.14. The van der Waals surface area contributed by atoms with Crippen molar-refractivity contribution in [1.29, 1.82) is 5.41 Å². The summed E-state index contributed by atoms with van der Waals surface area (Å²) in [6.45, 7) is 3.07. The van der Waals surface area contributed by atoms with Crippen LogP contribution in [0, 0.1) is 12.3 Å². The number of ketones is 1. The highest BCUT2D eigenvalue weighted by Gasteiger charge is 2.31. The molecule has 0 saturated heterocycles. The molecule has 2 heterocycles. The van der Waals surface area contributed by atoms with Gasteiger partial charge in [-0.15, -0.1) is 0 Å². The second-order valence-corrected chi connectivity index (χ2v) is 8.10. The number of rotatable bonds is 6. The van der Waals surface area contributed by atoms with E-state index in [0.717, 1.165) is 16.8 Å². The number of aromatic nitrogens is 1. The molecule has 7 nitrogen and oxygen atoms in total. The number of H-pyrrole nitrogens is 1. The molecule has 0 fully saturated rings. The normalized spacial score (nSPS) is 12.9. The van der Waals surface area contributed by atoms with Crippen LogP contribution in [0.4, 0.5) is 21.5 Å². The van der Waals surface area contributed by atoms with Crippen LogP contribution in [0.3, 0.4) is 0 Å². The highest BCUT2D eigenvalue weighted by molar-refractivity contribution is 6.09. The Morgan fingerprint density at radius 1 is 1.18 bits per heavy atom. The molecular weight excluding hydrogens is 421 g/mol. The molecule has 0 unspecified atom stereocenters. The minimum absolute atomic E-state index is 0.0245. The highest BCUT2D eigenvalue weighted by atomic mass is 19.1. The summed E-state index contributed by atoms with van der Waals surface area (Å²) in [4.78, 5) is 29.8. The molecule has 0 spiro atoms.